The SMILES string of the molecule is Cc1ccccc1C(C(=O)NC1CCCC1)N(C(=O)Cn1cnc2ccccc21)c1cccc(F)c1.[Cl-]. The van der Waals surface area contributed by atoms with Crippen LogP contribution in [-0.2, 0) is 16.1 Å². The predicted molar refractivity (Wildman–Crippen MR) is 138 cm³/mol. The molecule has 0 saturated heterocycles. The van der Waals surface area contributed by atoms with Gasteiger partial charge in [-0.3, -0.25) is 14.5 Å². The molecule has 1 saturated carbocycles. The summed E-state index contributed by atoms with van der Waals surface area (Å²) in [6, 6.07) is 20.1. The van der Waals surface area contributed by atoms with Crippen molar-refractivity contribution in [3.05, 3.63) is 96.1 Å². The van der Waals surface area contributed by atoms with E-state index in [1.807, 2.05) is 55.5 Å². The maximum Gasteiger partial charge on any atom is 0.248 e. The Morgan fingerprint density at radius 2 is 1.78 bits per heavy atom. The van der Waals surface area contributed by atoms with Crippen molar-refractivity contribution in [2.45, 2.75) is 51.2 Å². The van der Waals surface area contributed by atoms with Gasteiger partial charge < -0.3 is 22.3 Å². The molecule has 6 nitrogen and oxygen atoms in total. The Bertz CT molecular complexity index is 1400. The molecule has 5 rings (SSSR count). The molecule has 37 heavy (non-hydrogen) atoms. The van der Waals surface area contributed by atoms with Crippen molar-refractivity contribution < 1.29 is 26.4 Å². The number of aromatic nitrogens is 2. The second kappa shape index (κ2) is 11.6. The first-order chi connectivity index (χ1) is 17.5. The van der Waals surface area contributed by atoms with Crippen molar-refractivity contribution in [1.82, 2.24) is 14.9 Å². The zero-order valence-electron chi connectivity index (χ0n) is 20.6. The van der Waals surface area contributed by atoms with Crippen molar-refractivity contribution in [3.8, 4) is 0 Å². The van der Waals surface area contributed by atoms with Crippen molar-refractivity contribution in [1.29, 1.82) is 0 Å². The number of aryl methyl sites for hydroxylation is 1. The minimum absolute atomic E-state index is 0. The Balaban J connectivity index is 0.00000320. The van der Waals surface area contributed by atoms with Crippen molar-refractivity contribution in [2.24, 2.45) is 0 Å². The zero-order valence-corrected chi connectivity index (χ0v) is 21.4. The molecule has 1 atom stereocenters. The number of anilines is 1. The maximum absolute atomic E-state index is 14.4. The second-order valence-electron chi connectivity index (χ2n) is 9.35. The number of carbonyl (C=O) groups excluding carboxylic acids is 2. The van der Waals surface area contributed by atoms with Crippen LogP contribution in [-0.4, -0.2) is 27.4 Å². The number of imidazole rings is 1. The molecule has 0 radical (unpaired) electrons. The standard InChI is InChI=1S/C29H29FN4O2.ClH/c1-20-9-2-5-14-24(20)28(29(36)32-22-11-3-4-12-22)34(23-13-8-10-21(30)17-23)27(35)18-33-19-31-25-15-6-7-16-26(25)33;/h2,5-10,13-17,19,22,28H,3-4,11-12,18H2,1H3,(H,32,36);1H/p-1. The van der Waals surface area contributed by atoms with Crippen LogP contribution < -0.4 is 22.6 Å². The first-order valence-corrected chi connectivity index (χ1v) is 12.3. The molecular weight excluding hydrogens is 491 g/mol. The van der Waals surface area contributed by atoms with Crippen LogP contribution in [0.4, 0.5) is 10.1 Å². The molecule has 192 valence electrons. The molecule has 0 bridgehead atoms. The number of hydrogen-bond acceptors (Lipinski definition) is 3. The molecule has 4 aromatic rings. The number of halogens is 2. The molecule has 1 aliphatic rings. The highest BCUT2D eigenvalue weighted by molar-refractivity contribution is 6.01. The molecule has 1 aliphatic carbocycles. The third-order valence-corrected chi connectivity index (χ3v) is 6.88. The third kappa shape index (κ3) is 5.67. The van der Waals surface area contributed by atoms with E-state index < -0.39 is 11.9 Å². The molecule has 1 heterocycles. The minimum Gasteiger partial charge on any atom is -1.00 e. The molecule has 2 amide bonds. The van der Waals surface area contributed by atoms with Crippen LogP contribution in [0.25, 0.3) is 11.0 Å². The highest BCUT2D eigenvalue weighted by Crippen LogP contribution is 2.32. The van der Waals surface area contributed by atoms with E-state index in [1.54, 1.807) is 23.0 Å². The van der Waals surface area contributed by atoms with Crippen LogP contribution in [0.3, 0.4) is 0 Å². The average Bonchev–Trinajstić information content (AvgIpc) is 3.53. The smallest absolute Gasteiger partial charge is 0.248 e. The monoisotopic (exact) mass is 519 g/mol. The van der Waals surface area contributed by atoms with Gasteiger partial charge in [-0.15, -0.1) is 0 Å². The van der Waals surface area contributed by atoms with Crippen molar-refractivity contribution >= 4 is 28.5 Å². The fraction of sp³-hybridized carbons (Fsp3) is 0.276. The van der Waals surface area contributed by atoms with Gasteiger partial charge in [0.25, 0.3) is 0 Å². The molecule has 0 spiro atoms. The predicted octanol–water partition coefficient (Wildman–Crippen LogP) is 2.32. The van der Waals surface area contributed by atoms with Gasteiger partial charge in [0.15, 0.2) is 0 Å². The van der Waals surface area contributed by atoms with Gasteiger partial charge in [-0.2, -0.15) is 0 Å². The lowest BCUT2D eigenvalue weighted by Crippen LogP contribution is -3.00. The minimum atomic E-state index is -0.948. The maximum atomic E-state index is 14.4. The number of fused-ring (bicyclic) bond motifs is 1. The van der Waals surface area contributed by atoms with Gasteiger partial charge >= 0.3 is 0 Å². The van der Waals surface area contributed by atoms with Crippen molar-refractivity contribution in [3.63, 3.8) is 0 Å². The van der Waals surface area contributed by atoms with E-state index in [1.165, 1.54) is 17.0 Å². The van der Waals surface area contributed by atoms with E-state index >= 15 is 0 Å². The molecule has 1 unspecified atom stereocenters. The summed E-state index contributed by atoms with van der Waals surface area (Å²) in [5, 5.41) is 3.17. The lowest BCUT2D eigenvalue weighted by molar-refractivity contribution is -0.127. The zero-order chi connectivity index (χ0) is 25.1. The van der Waals surface area contributed by atoms with E-state index in [-0.39, 0.29) is 36.8 Å². The summed E-state index contributed by atoms with van der Waals surface area (Å²) in [7, 11) is 0. The Kier molecular flexibility index (Phi) is 8.24. The van der Waals surface area contributed by atoms with Gasteiger partial charge in [0.1, 0.15) is 18.4 Å². The number of benzene rings is 3. The largest absolute Gasteiger partial charge is 1.00 e. The lowest BCUT2D eigenvalue weighted by atomic mass is 9.97. The van der Waals surface area contributed by atoms with E-state index in [2.05, 4.69) is 10.3 Å². The summed E-state index contributed by atoms with van der Waals surface area (Å²) in [6.07, 6.45) is 5.59. The normalized spacial score (nSPS) is 14.2. The highest BCUT2D eigenvalue weighted by atomic mass is 35.5. The molecule has 1 aromatic heterocycles. The Labute approximate surface area is 221 Å². The summed E-state index contributed by atoms with van der Waals surface area (Å²) in [5.74, 6) is -1.07. The topological polar surface area (TPSA) is 67.2 Å². The van der Waals surface area contributed by atoms with Gasteiger partial charge in [-0.25, -0.2) is 9.37 Å². The van der Waals surface area contributed by atoms with Gasteiger partial charge in [0.05, 0.1) is 17.4 Å². The lowest BCUT2D eigenvalue weighted by Gasteiger charge is -2.33. The molecule has 1 fully saturated rings. The molecule has 1 N–H and O–H groups in total. The highest BCUT2D eigenvalue weighted by Gasteiger charge is 2.35. The van der Waals surface area contributed by atoms with E-state index in [9.17, 15) is 14.0 Å². The number of rotatable bonds is 7. The summed E-state index contributed by atoms with van der Waals surface area (Å²) in [4.78, 5) is 33.7. The van der Waals surface area contributed by atoms with Crippen LogP contribution in [0.1, 0.15) is 42.9 Å². The van der Waals surface area contributed by atoms with Gasteiger partial charge in [0, 0.05) is 11.7 Å². The van der Waals surface area contributed by atoms with Crippen LogP contribution in [0.2, 0.25) is 0 Å². The third-order valence-electron chi connectivity index (χ3n) is 6.88. The number of hydrogen-bond donors (Lipinski definition) is 1. The average molecular weight is 520 g/mol. The Hall–Kier alpha value is -3.71. The number of carbonyl (C=O) groups is 2. The summed E-state index contributed by atoms with van der Waals surface area (Å²) in [6.45, 7) is 1.87. The second-order valence-corrected chi connectivity index (χ2v) is 9.35. The van der Waals surface area contributed by atoms with Gasteiger partial charge in [-0.05, 0) is 61.2 Å². The van der Waals surface area contributed by atoms with E-state index in [0.29, 0.717) is 11.3 Å². The van der Waals surface area contributed by atoms with Gasteiger partial charge in [0.2, 0.25) is 11.8 Å². The molecule has 8 heteroatoms. The van der Waals surface area contributed by atoms with E-state index in [0.717, 1.165) is 42.3 Å². The van der Waals surface area contributed by atoms with Crippen molar-refractivity contribution in [2.75, 3.05) is 4.90 Å². The van der Waals surface area contributed by atoms with Crippen LogP contribution >= 0.6 is 0 Å². The molecular formula is C29H29ClFN4O2-. The molecule has 0 aliphatic heterocycles. The number of amides is 2. The van der Waals surface area contributed by atoms with Crippen LogP contribution in [0.15, 0.2) is 79.1 Å². The summed E-state index contributed by atoms with van der Waals surface area (Å²) in [5.41, 5.74) is 3.51. The quantitative estimate of drug-likeness (QED) is 0.407. The molecule has 3 aromatic carbocycles. The first kappa shape index (κ1) is 26.4. The fourth-order valence-electron chi connectivity index (χ4n) is 5.06. The first-order valence-electron chi connectivity index (χ1n) is 12.3. The number of nitrogens with one attached hydrogen (secondary N) is 1. The summed E-state index contributed by atoms with van der Waals surface area (Å²) >= 11 is 0. The number of nitrogens with zero attached hydrogens (tertiary/aromatic N) is 3. The van der Waals surface area contributed by atoms with Gasteiger partial charge in [-0.1, -0.05) is 55.3 Å². The number of para-hydroxylation sites is 2. The Morgan fingerprint density at radius 1 is 1.05 bits per heavy atom. The Morgan fingerprint density at radius 3 is 2.54 bits per heavy atom. The summed E-state index contributed by atoms with van der Waals surface area (Å²) < 4.78 is 16.2. The van der Waals surface area contributed by atoms with Crippen LogP contribution in [0.5, 0.6) is 0 Å². The van der Waals surface area contributed by atoms with E-state index in [4.69, 9.17) is 0 Å². The fourth-order valence-corrected chi connectivity index (χ4v) is 5.06. The van der Waals surface area contributed by atoms with Crippen LogP contribution in [0, 0.1) is 12.7 Å².